The molecule has 0 radical (unpaired) electrons. The van der Waals surface area contributed by atoms with Crippen LogP contribution in [0.1, 0.15) is 25.3 Å². The summed E-state index contributed by atoms with van der Waals surface area (Å²) in [6, 6.07) is 7.96. The van der Waals surface area contributed by atoms with Gasteiger partial charge in [0.15, 0.2) is 6.61 Å². The van der Waals surface area contributed by atoms with Crippen molar-refractivity contribution >= 4 is 18.3 Å². The first-order valence-corrected chi connectivity index (χ1v) is 6.88. The van der Waals surface area contributed by atoms with Gasteiger partial charge in [-0.25, -0.2) is 0 Å². The van der Waals surface area contributed by atoms with Crippen LogP contribution in [-0.2, 0) is 4.79 Å². The number of rotatable bonds is 4. The van der Waals surface area contributed by atoms with E-state index in [1.165, 1.54) is 5.56 Å². The predicted octanol–water partition coefficient (Wildman–Crippen LogP) is 2.04. The fourth-order valence-electron chi connectivity index (χ4n) is 2.10. The molecule has 0 aromatic heterocycles. The van der Waals surface area contributed by atoms with Crippen molar-refractivity contribution in [2.24, 2.45) is 0 Å². The molecule has 0 atom stereocenters. The number of ether oxygens (including phenoxy) is 1. The Balaban J connectivity index is 0.00000200. The molecule has 0 aliphatic carbocycles. The third-order valence-corrected chi connectivity index (χ3v) is 3.38. The predicted molar refractivity (Wildman–Crippen MR) is 82.7 cm³/mol. The van der Waals surface area contributed by atoms with Crippen LogP contribution in [0.15, 0.2) is 24.3 Å². The van der Waals surface area contributed by atoms with Gasteiger partial charge in [0.25, 0.3) is 5.91 Å². The van der Waals surface area contributed by atoms with Gasteiger partial charge in [-0.15, -0.1) is 12.4 Å². The first kappa shape index (κ1) is 16.8. The molecule has 0 bridgehead atoms. The number of carbonyl (C=O) groups excluding carboxylic acids is 1. The van der Waals surface area contributed by atoms with E-state index in [1.54, 1.807) is 0 Å². The number of nitrogens with one attached hydrogen (secondary N) is 1. The topological polar surface area (TPSA) is 41.6 Å². The van der Waals surface area contributed by atoms with Crippen LogP contribution in [0.25, 0.3) is 0 Å². The van der Waals surface area contributed by atoms with Gasteiger partial charge in [-0.3, -0.25) is 4.79 Å². The molecule has 0 unspecified atom stereocenters. The van der Waals surface area contributed by atoms with E-state index in [4.69, 9.17) is 4.74 Å². The molecule has 1 N–H and O–H groups in total. The molecule has 1 saturated heterocycles. The lowest BCUT2D eigenvalue weighted by atomic mass is 10.0. The maximum atomic E-state index is 11.9. The average Bonchev–Trinajstić information content (AvgIpc) is 2.46. The van der Waals surface area contributed by atoms with Gasteiger partial charge < -0.3 is 15.0 Å². The summed E-state index contributed by atoms with van der Waals surface area (Å²) in [6.07, 6.45) is 0. The molecule has 1 aromatic carbocycles. The van der Waals surface area contributed by atoms with Crippen LogP contribution in [-0.4, -0.2) is 43.6 Å². The number of hydrogen-bond donors (Lipinski definition) is 1. The van der Waals surface area contributed by atoms with Crippen molar-refractivity contribution in [1.29, 1.82) is 0 Å². The zero-order chi connectivity index (χ0) is 13.7. The van der Waals surface area contributed by atoms with Crippen molar-refractivity contribution in [2.75, 3.05) is 32.8 Å². The number of carbonyl (C=O) groups is 1. The minimum absolute atomic E-state index is 0. The Morgan fingerprint density at radius 1 is 1.25 bits per heavy atom. The maximum absolute atomic E-state index is 11.9. The van der Waals surface area contributed by atoms with E-state index >= 15 is 0 Å². The molecule has 0 saturated carbocycles. The van der Waals surface area contributed by atoms with Gasteiger partial charge in [0, 0.05) is 26.2 Å². The normalized spacial score (nSPS) is 14.8. The largest absolute Gasteiger partial charge is 0.484 e. The molecular formula is C15H23ClN2O2. The minimum atomic E-state index is 0. The Labute approximate surface area is 126 Å². The number of amides is 1. The molecule has 4 nitrogen and oxygen atoms in total. The van der Waals surface area contributed by atoms with Crippen molar-refractivity contribution in [2.45, 2.75) is 19.8 Å². The second-order valence-electron chi connectivity index (χ2n) is 5.14. The van der Waals surface area contributed by atoms with E-state index in [0.717, 1.165) is 31.9 Å². The zero-order valence-electron chi connectivity index (χ0n) is 12.1. The second-order valence-corrected chi connectivity index (χ2v) is 5.14. The van der Waals surface area contributed by atoms with Gasteiger partial charge in [-0.2, -0.15) is 0 Å². The highest BCUT2D eigenvalue weighted by Crippen LogP contribution is 2.18. The Kier molecular flexibility index (Phi) is 6.82. The monoisotopic (exact) mass is 298 g/mol. The molecule has 20 heavy (non-hydrogen) atoms. The molecule has 1 amide bonds. The molecule has 1 heterocycles. The van der Waals surface area contributed by atoms with E-state index in [1.807, 2.05) is 17.0 Å². The van der Waals surface area contributed by atoms with Crippen LogP contribution < -0.4 is 10.1 Å². The van der Waals surface area contributed by atoms with E-state index in [2.05, 4.69) is 31.3 Å². The average molecular weight is 299 g/mol. The first-order chi connectivity index (χ1) is 9.16. The van der Waals surface area contributed by atoms with Crippen LogP contribution in [0.2, 0.25) is 0 Å². The summed E-state index contributed by atoms with van der Waals surface area (Å²) in [7, 11) is 0. The van der Waals surface area contributed by atoms with Crippen molar-refractivity contribution in [3.05, 3.63) is 29.8 Å². The summed E-state index contributed by atoms with van der Waals surface area (Å²) in [5.74, 6) is 1.33. The molecule has 1 fully saturated rings. The summed E-state index contributed by atoms with van der Waals surface area (Å²) in [5.41, 5.74) is 1.28. The van der Waals surface area contributed by atoms with E-state index in [0.29, 0.717) is 5.92 Å². The lowest BCUT2D eigenvalue weighted by molar-refractivity contribution is -0.133. The van der Waals surface area contributed by atoms with Gasteiger partial charge in [0.05, 0.1) is 0 Å². The molecule has 1 aromatic rings. The molecule has 112 valence electrons. The second kappa shape index (κ2) is 8.12. The summed E-state index contributed by atoms with van der Waals surface area (Å²) >= 11 is 0. The number of piperazine rings is 1. The van der Waals surface area contributed by atoms with Gasteiger partial charge in [-0.1, -0.05) is 26.0 Å². The van der Waals surface area contributed by atoms with Gasteiger partial charge >= 0.3 is 0 Å². The van der Waals surface area contributed by atoms with Gasteiger partial charge in [0.1, 0.15) is 5.75 Å². The highest BCUT2D eigenvalue weighted by molar-refractivity contribution is 5.85. The quantitative estimate of drug-likeness (QED) is 0.925. The SMILES string of the molecule is CC(C)c1ccc(OCC(=O)N2CCNCC2)cc1.Cl. The Morgan fingerprint density at radius 3 is 2.40 bits per heavy atom. The van der Waals surface area contributed by atoms with E-state index < -0.39 is 0 Å². The number of hydrogen-bond acceptors (Lipinski definition) is 3. The lowest BCUT2D eigenvalue weighted by Gasteiger charge is -2.27. The minimum Gasteiger partial charge on any atom is -0.484 e. The third-order valence-electron chi connectivity index (χ3n) is 3.38. The fourth-order valence-corrected chi connectivity index (χ4v) is 2.10. The summed E-state index contributed by atoms with van der Waals surface area (Å²) in [6.45, 7) is 7.72. The van der Waals surface area contributed by atoms with Crippen molar-refractivity contribution < 1.29 is 9.53 Å². The Hall–Kier alpha value is -1.26. The lowest BCUT2D eigenvalue weighted by Crippen LogP contribution is -2.47. The zero-order valence-corrected chi connectivity index (χ0v) is 12.9. The Bertz CT molecular complexity index is 414. The number of nitrogens with zero attached hydrogens (tertiary/aromatic N) is 1. The third kappa shape index (κ3) is 4.69. The number of benzene rings is 1. The molecule has 5 heteroatoms. The smallest absolute Gasteiger partial charge is 0.260 e. The molecule has 1 aliphatic rings. The first-order valence-electron chi connectivity index (χ1n) is 6.88. The van der Waals surface area contributed by atoms with Crippen LogP contribution in [0.4, 0.5) is 0 Å². The van der Waals surface area contributed by atoms with E-state index in [-0.39, 0.29) is 24.9 Å². The highest BCUT2D eigenvalue weighted by atomic mass is 35.5. The van der Waals surface area contributed by atoms with Crippen LogP contribution in [0, 0.1) is 0 Å². The van der Waals surface area contributed by atoms with Gasteiger partial charge in [-0.05, 0) is 23.6 Å². The summed E-state index contributed by atoms with van der Waals surface area (Å²) < 4.78 is 5.54. The number of halogens is 1. The fraction of sp³-hybridized carbons (Fsp3) is 0.533. The molecule has 0 spiro atoms. The Morgan fingerprint density at radius 2 is 1.85 bits per heavy atom. The molecule has 1 aliphatic heterocycles. The summed E-state index contributed by atoms with van der Waals surface area (Å²) in [5, 5.41) is 3.23. The van der Waals surface area contributed by atoms with Gasteiger partial charge in [0.2, 0.25) is 0 Å². The molecule has 2 rings (SSSR count). The molecular weight excluding hydrogens is 276 g/mol. The summed E-state index contributed by atoms with van der Waals surface area (Å²) in [4.78, 5) is 13.8. The highest BCUT2D eigenvalue weighted by Gasteiger charge is 2.16. The van der Waals surface area contributed by atoms with Crippen LogP contribution >= 0.6 is 12.4 Å². The van der Waals surface area contributed by atoms with E-state index in [9.17, 15) is 4.79 Å². The van der Waals surface area contributed by atoms with Crippen LogP contribution in [0.5, 0.6) is 5.75 Å². The van der Waals surface area contributed by atoms with Crippen molar-refractivity contribution in [3.8, 4) is 5.75 Å². The van der Waals surface area contributed by atoms with Crippen molar-refractivity contribution in [1.82, 2.24) is 10.2 Å². The van der Waals surface area contributed by atoms with Crippen LogP contribution in [0.3, 0.4) is 0 Å². The van der Waals surface area contributed by atoms with Crippen molar-refractivity contribution in [3.63, 3.8) is 0 Å². The standard InChI is InChI=1S/C15H22N2O2.ClH/c1-12(2)13-3-5-14(6-4-13)19-11-15(18)17-9-7-16-8-10-17;/h3-6,12,16H,7-11H2,1-2H3;1H. The maximum Gasteiger partial charge on any atom is 0.260 e.